The van der Waals surface area contributed by atoms with Gasteiger partial charge in [-0.2, -0.15) is 0 Å². The quantitative estimate of drug-likeness (QED) is 0.728. The van der Waals surface area contributed by atoms with Crippen LogP contribution in [0.25, 0.3) is 5.82 Å². The molecule has 0 spiro atoms. The largest absolute Gasteiger partial charge is 0.337 e. The fraction of sp³-hybridized carbons (Fsp3) is 0.300. The van der Waals surface area contributed by atoms with Crippen LogP contribution in [-0.4, -0.2) is 43.6 Å². The van der Waals surface area contributed by atoms with Crippen molar-refractivity contribution in [1.29, 1.82) is 0 Å². The molecule has 6 nitrogen and oxygen atoms in total. The molecule has 1 aliphatic rings. The standard InChI is InChI=1S/C20H21N5O/c26-20(18-6-7-19(23-22-18)25-13-10-21-15-25)24-11-8-17(9-12-24)14-16-4-2-1-3-5-16/h1-7,10,13,15,17H,8-9,11-12,14H2. The highest BCUT2D eigenvalue weighted by molar-refractivity contribution is 5.92. The van der Waals surface area contributed by atoms with E-state index in [2.05, 4.69) is 39.4 Å². The molecular formula is C20H21N5O. The molecule has 26 heavy (non-hydrogen) atoms. The average molecular weight is 347 g/mol. The molecule has 4 rings (SSSR count). The molecule has 2 aromatic heterocycles. The molecule has 0 N–H and O–H groups in total. The number of hydrogen-bond acceptors (Lipinski definition) is 4. The molecular weight excluding hydrogens is 326 g/mol. The number of amides is 1. The van der Waals surface area contributed by atoms with Crippen LogP contribution in [0.4, 0.5) is 0 Å². The van der Waals surface area contributed by atoms with Gasteiger partial charge in [0.1, 0.15) is 6.33 Å². The van der Waals surface area contributed by atoms with Gasteiger partial charge in [0.25, 0.3) is 5.91 Å². The minimum absolute atomic E-state index is 0.0344. The fourth-order valence-corrected chi connectivity index (χ4v) is 3.42. The molecule has 1 aromatic carbocycles. The number of likely N-dealkylation sites (tertiary alicyclic amines) is 1. The van der Waals surface area contributed by atoms with Gasteiger partial charge >= 0.3 is 0 Å². The molecule has 1 fully saturated rings. The number of carbonyl (C=O) groups excluding carboxylic acids is 1. The second-order valence-electron chi connectivity index (χ2n) is 6.67. The first kappa shape index (κ1) is 16.4. The van der Waals surface area contributed by atoms with Gasteiger partial charge in [-0.3, -0.25) is 9.36 Å². The van der Waals surface area contributed by atoms with E-state index in [1.54, 1.807) is 35.4 Å². The van der Waals surface area contributed by atoms with Crippen LogP contribution in [0, 0.1) is 5.92 Å². The zero-order valence-corrected chi connectivity index (χ0v) is 14.5. The van der Waals surface area contributed by atoms with Crippen LogP contribution in [0.3, 0.4) is 0 Å². The number of benzene rings is 1. The third-order valence-electron chi connectivity index (χ3n) is 4.91. The van der Waals surface area contributed by atoms with Crippen molar-refractivity contribution in [1.82, 2.24) is 24.6 Å². The second-order valence-corrected chi connectivity index (χ2v) is 6.67. The van der Waals surface area contributed by atoms with E-state index in [0.717, 1.165) is 32.4 Å². The minimum Gasteiger partial charge on any atom is -0.337 e. The van der Waals surface area contributed by atoms with E-state index in [0.29, 0.717) is 17.4 Å². The summed E-state index contributed by atoms with van der Waals surface area (Å²) in [5, 5.41) is 8.24. The SMILES string of the molecule is O=C(c1ccc(-n2ccnc2)nn1)N1CCC(Cc2ccccc2)CC1. The molecule has 1 amide bonds. The summed E-state index contributed by atoms with van der Waals surface area (Å²) >= 11 is 0. The number of imidazole rings is 1. The average Bonchev–Trinajstić information content (AvgIpc) is 3.24. The van der Waals surface area contributed by atoms with Crippen molar-refractivity contribution in [2.24, 2.45) is 5.92 Å². The zero-order chi connectivity index (χ0) is 17.8. The third-order valence-corrected chi connectivity index (χ3v) is 4.91. The lowest BCUT2D eigenvalue weighted by molar-refractivity contribution is 0.0683. The van der Waals surface area contributed by atoms with Crippen molar-refractivity contribution in [2.45, 2.75) is 19.3 Å². The van der Waals surface area contributed by atoms with Crippen molar-refractivity contribution in [3.8, 4) is 5.82 Å². The van der Waals surface area contributed by atoms with Gasteiger partial charge in [-0.05, 0) is 42.9 Å². The summed E-state index contributed by atoms with van der Waals surface area (Å²) in [6.45, 7) is 1.56. The van der Waals surface area contributed by atoms with Crippen molar-refractivity contribution in [3.05, 3.63) is 72.4 Å². The molecule has 1 saturated heterocycles. The number of nitrogens with zero attached hydrogens (tertiary/aromatic N) is 5. The Morgan fingerprint density at radius 1 is 1.04 bits per heavy atom. The highest BCUT2D eigenvalue weighted by atomic mass is 16.2. The van der Waals surface area contributed by atoms with Crippen molar-refractivity contribution in [3.63, 3.8) is 0 Å². The molecule has 1 aliphatic heterocycles. The van der Waals surface area contributed by atoms with E-state index >= 15 is 0 Å². The molecule has 6 heteroatoms. The van der Waals surface area contributed by atoms with Gasteiger partial charge in [0.05, 0.1) is 0 Å². The maximum Gasteiger partial charge on any atom is 0.274 e. The van der Waals surface area contributed by atoms with Gasteiger partial charge in [0.15, 0.2) is 11.5 Å². The Morgan fingerprint density at radius 2 is 1.85 bits per heavy atom. The minimum atomic E-state index is -0.0344. The van der Waals surface area contributed by atoms with Gasteiger partial charge in [-0.15, -0.1) is 10.2 Å². The Balaban J connectivity index is 1.34. The van der Waals surface area contributed by atoms with Crippen LogP contribution >= 0.6 is 0 Å². The molecule has 0 radical (unpaired) electrons. The van der Waals surface area contributed by atoms with E-state index in [4.69, 9.17) is 0 Å². The summed E-state index contributed by atoms with van der Waals surface area (Å²) in [6.07, 6.45) is 8.27. The molecule has 3 heterocycles. The maximum absolute atomic E-state index is 12.7. The predicted octanol–water partition coefficient (Wildman–Crippen LogP) is 2.76. The van der Waals surface area contributed by atoms with Gasteiger partial charge in [-0.25, -0.2) is 4.98 Å². The Bertz CT molecular complexity index is 838. The lowest BCUT2D eigenvalue weighted by Crippen LogP contribution is -2.39. The third kappa shape index (κ3) is 3.64. The van der Waals surface area contributed by atoms with Crippen LogP contribution < -0.4 is 0 Å². The summed E-state index contributed by atoms with van der Waals surface area (Å²) in [7, 11) is 0. The van der Waals surface area contributed by atoms with E-state index in [1.807, 2.05) is 11.0 Å². The monoisotopic (exact) mass is 347 g/mol. The number of carbonyl (C=O) groups is 1. The molecule has 0 aliphatic carbocycles. The predicted molar refractivity (Wildman–Crippen MR) is 97.9 cm³/mol. The number of aromatic nitrogens is 4. The first-order valence-corrected chi connectivity index (χ1v) is 8.95. The summed E-state index contributed by atoms with van der Waals surface area (Å²) in [4.78, 5) is 18.5. The van der Waals surface area contributed by atoms with Crippen LogP contribution in [0.2, 0.25) is 0 Å². The van der Waals surface area contributed by atoms with E-state index in [9.17, 15) is 4.79 Å². The van der Waals surface area contributed by atoms with E-state index < -0.39 is 0 Å². The smallest absolute Gasteiger partial charge is 0.274 e. The van der Waals surface area contributed by atoms with Gasteiger partial charge in [0.2, 0.25) is 0 Å². The molecule has 0 bridgehead atoms. The topological polar surface area (TPSA) is 63.9 Å². The lowest BCUT2D eigenvalue weighted by Gasteiger charge is -2.31. The van der Waals surface area contributed by atoms with Gasteiger partial charge < -0.3 is 4.90 Å². The van der Waals surface area contributed by atoms with Crippen molar-refractivity contribution >= 4 is 5.91 Å². The molecule has 0 atom stereocenters. The van der Waals surface area contributed by atoms with Crippen LogP contribution in [0.15, 0.2) is 61.2 Å². The molecule has 132 valence electrons. The number of hydrogen-bond donors (Lipinski definition) is 0. The Labute approximate surface area is 152 Å². The van der Waals surface area contributed by atoms with Gasteiger partial charge in [-0.1, -0.05) is 30.3 Å². The van der Waals surface area contributed by atoms with E-state index in [1.165, 1.54) is 5.56 Å². The van der Waals surface area contributed by atoms with Crippen LogP contribution in [0.1, 0.15) is 28.9 Å². The van der Waals surface area contributed by atoms with Gasteiger partial charge in [0, 0.05) is 25.5 Å². The molecule has 0 unspecified atom stereocenters. The second kappa shape index (κ2) is 7.47. The summed E-state index contributed by atoms with van der Waals surface area (Å²) < 4.78 is 1.76. The summed E-state index contributed by atoms with van der Waals surface area (Å²) in [5.74, 6) is 1.25. The summed E-state index contributed by atoms with van der Waals surface area (Å²) in [5.41, 5.74) is 1.77. The highest BCUT2D eigenvalue weighted by Crippen LogP contribution is 2.22. The first-order valence-electron chi connectivity index (χ1n) is 8.95. The number of piperidine rings is 1. The number of rotatable bonds is 4. The molecule has 0 saturated carbocycles. The molecule has 3 aromatic rings. The Kier molecular flexibility index (Phi) is 4.73. The zero-order valence-electron chi connectivity index (χ0n) is 14.5. The van der Waals surface area contributed by atoms with Crippen LogP contribution in [0.5, 0.6) is 0 Å². The normalized spacial score (nSPS) is 15.2. The lowest BCUT2D eigenvalue weighted by atomic mass is 9.90. The Hall–Kier alpha value is -3.02. The van der Waals surface area contributed by atoms with Crippen molar-refractivity contribution < 1.29 is 4.79 Å². The summed E-state index contributed by atoms with van der Waals surface area (Å²) in [6, 6.07) is 14.1. The van der Waals surface area contributed by atoms with Crippen LogP contribution in [-0.2, 0) is 6.42 Å². The van der Waals surface area contributed by atoms with Crippen molar-refractivity contribution in [2.75, 3.05) is 13.1 Å². The highest BCUT2D eigenvalue weighted by Gasteiger charge is 2.24. The maximum atomic E-state index is 12.7. The fourth-order valence-electron chi connectivity index (χ4n) is 3.42. The first-order chi connectivity index (χ1) is 12.8. The van der Waals surface area contributed by atoms with E-state index in [-0.39, 0.29) is 5.91 Å². The Morgan fingerprint density at radius 3 is 2.50 bits per heavy atom.